The van der Waals surface area contributed by atoms with Crippen molar-refractivity contribution in [2.45, 2.75) is 31.3 Å². The minimum absolute atomic E-state index is 0.0232. The van der Waals surface area contributed by atoms with Crippen LogP contribution < -0.4 is 10.2 Å². The monoisotopic (exact) mass is 412 g/mol. The van der Waals surface area contributed by atoms with Crippen LogP contribution in [0.25, 0.3) is 11.1 Å². The number of pyridine rings is 1. The molecule has 154 valence electrons. The highest BCUT2D eigenvalue weighted by Gasteiger charge is 2.46. The first-order valence-corrected chi connectivity index (χ1v) is 9.43. The van der Waals surface area contributed by atoms with Gasteiger partial charge >= 0.3 is 6.09 Å². The Hall–Kier alpha value is -3.54. The van der Waals surface area contributed by atoms with Gasteiger partial charge in [-0.05, 0) is 31.0 Å². The number of halogens is 2. The molecule has 1 saturated carbocycles. The van der Waals surface area contributed by atoms with E-state index in [0.29, 0.717) is 5.69 Å². The molecule has 2 heterocycles. The van der Waals surface area contributed by atoms with Crippen molar-refractivity contribution in [1.82, 2.24) is 10.3 Å². The zero-order valence-corrected chi connectivity index (χ0v) is 16.1. The summed E-state index contributed by atoms with van der Waals surface area (Å²) in [6.07, 6.45) is 1.44. The first-order chi connectivity index (χ1) is 14.3. The first kappa shape index (κ1) is 19.8. The van der Waals surface area contributed by atoms with Crippen LogP contribution in [-0.4, -0.2) is 36.2 Å². The SMILES string of the molecule is CC(=O)NC[C@@H]1CN(c2cc(F)c(-c3ccc(C4(C#N)CC4)nc3)c(F)c2)C(=O)O1. The lowest BCUT2D eigenvalue weighted by molar-refractivity contribution is -0.119. The zero-order valence-electron chi connectivity index (χ0n) is 16.1. The van der Waals surface area contributed by atoms with E-state index in [1.807, 2.05) is 0 Å². The topological polar surface area (TPSA) is 95.3 Å². The van der Waals surface area contributed by atoms with E-state index in [-0.39, 0.29) is 35.8 Å². The lowest BCUT2D eigenvalue weighted by atomic mass is 10.0. The molecule has 30 heavy (non-hydrogen) atoms. The minimum Gasteiger partial charge on any atom is -0.442 e. The van der Waals surface area contributed by atoms with Gasteiger partial charge in [-0.3, -0.25) is 14.7 Å². The van der Waals surface area contributed by atoms with Gasteiger partial charge in [0.2, 0.25) is 5.91 Å². The standard InChI is InChI=1S/C21H18F2N4O3/c1-12(28)25-9-15-10-27(20(29)30-15)14-6-16(22)19(17(23)7-14)13-2-3-18(26-8-13)21(11-24)4-5-21/h2-3,6-8,15H,4-5,9-10H2,1H3,(H,25,28)/t15-/m1/s1. The van der Waals surface area contributed by atoms with Gasteiger partial charge in [0.25, 0.3) is 0 Å². The predicted molar refractivity (Wildman–Crippen MR) is 102 cm³/mol. The van der Waals surface area contributed by atoms with Crippen molar-refractivity contribution in [3.8, 4) is 17.2 Å². The Labute approximate surface area is 171 Å². The Kier molecular flexibility index (Phi) is 4.86. The number of rotatable bonds is 5. The van der Waals surface area contributed by atoms with Gasteiger partial charge in [-0.25, -0.2) is 13.6 Å². The van der Waals surface area contributed by atoms with E-state index in [1.165, 1.54) is 19.2 Å². The first-order valence-electron chi connectivity index (χ1n) is 9.43. The molecular formula is C21H18F2N4O3. The number of nitrogens with zero attached hydrogens (tertiary/aromatic N) is 3. The van der Waals surface area contributed by atoms with Crippen LogP contribution in [-0.2, 0) is 14.9 Å². The summed E-state index contributed by atoms with van der Waals surface area (Å²) in [5, 5.41) is 11.8. The van der Waals surface area contributed by atoms with Gasteiger partial charge in [0.15, 0.2) is 0 Å². The summed E-state index contributed by atoms with van der Waals surface area (Å²) in [5.41, 5.74) is 0.0124. The number of carbonyl (C=O) groups is 2. The van der Waals surface area contributed by atoms with Crippen LogP contribution in [0.1, 0.15) is 25.5 Å². The number of nitriles is 1. The Morgan fingerprint density at radius 1 is 1.37 bits per heavy atom. The summed E-state index contributed by atoms with van der Waals surface area (Å²) < 4.78 is 34.7. The van der Waals surface area contributed by atoms with Crippen molar-refractivity contribution < 1.29 is 23.1 Å². The highest BCUT2D eigenvalue weighted by atomic mass is 19.1. The molecule has 2 aromatic rings. The Balaban J connectivity index is 1.56. The average molecular weight is 412 g/mol. The summed E-state index contributed by atoms with van der Waals surface area (Å²) in [7, 11) is 0. The molecule has 1 N–H and O–H groups in total. The quantitative estimate of drug-likeness (QED) is 0.815. The third-order valence-electron chi connectivity index (χ3n) is 5.30. The van der Waals surface area contributed by atoms with Crippen LogP contribution in [0.15, 0.2) is 30.5 Å². The number of benzene rings is 1. The van der Waals surface area contributed by atoms with E-state index in [0.717, 1.165) is 29.9 Å². The maximum Gasteiger partial charge on any atom is 0.414 e. The maximum absolute atomic E-state index is 14.8. The fraction of sp³-hybridized carbons (Fsp3) is 0.333. The van der Waals surface area contributed by atoms with Crippen molar-refractivity contribution in [1.29, 1.82) is 5.26 Å². The van der Waals surface area contributed by atoms with Crippen molar-refractivity contribution in [2.75, 3.05) is 18.0 Å². The van der Waals surface area contributed by atoms with E-state index in [9.17, 15) is 23.6 Å². The second kappa shape index (κ2) is 7.37. The van der Waals surface area contributed by atoms with E-state index < -0.39 is 29.2 Å². The lowest BCUT2D eigenvalue weighted by Gasteiger charge is -2.15. The molecule has 0 bridgehead atoms. The number of cyclic esters (lactones) is 1. The number of hydrogen-bond donors (Lipinski definition) is 1. The minimum atomic E-state index is -0.848. The van der Waals surface area contributed by atoms with E-state index >= 15 is 0 Å². The maximum atomic E-state index is 14.8. The van der Waals surface area contributed by atoms with Gasteiger partial charge in [0.05, 0.1) is 41.5 Å². The van der Waals surface area contributed by atoms with Gasteiger partial charge in [-0.1, -0.05) is 6.07 Å². The molecule has 9 heteroatoms. The van der Waals surface area contributed by atoms with Crippen LogP contribution in [0.4, 0.5) is 19.3 Å². The van der Waals surface area contributed by atoms with Gasteiger partial charge in [-0.15, -0.1) is 0 Å². The smallest absolute Gasteiger partial charge is 0.414 e. The summed E-state index contributed by atoms with van der Waals surface area (Å²) in [5.74, 6) is -1.97. The zero-order chi connectivity index (χ0) is 21.5. The number of ether oxygens (including phenoxy) is 1. The van der Waals surface area contributed by atoms with Gasteiger partial charge < -0.3 is 10.1 Å². The lowest BCUT2D eigenvalue weighted by Crippen LogP contribution is -2.33. The molecule has 1 aromatic heterocycles. The molecule has 2 aliphatic rings. The van der Waals surface area contributed by atoms with E-state index in [1.54, 1.807) is 6.07 Å². The highest BCUT2D eigenvalue weighted by Crippen LogP contribution is 2.46. The van der Waals surface area contributed by atoms with Crippen LogP contribution in [0, 0.1) is 23.0 Å². The fourth-order valence-corrected chi connectivity index (χ4v) is 3.46. The Morgan fingerprint density at radius 3 is 2.60 bits per heavy atom. The third kappa shape index (κ3) is 3.56. The second-order valence-corrected chi connectivity index (χ2v) is 7.46. The second-order valence-electron chi connectivity index (χ2n) is 7.46. The summed E-state index contributed by atoms with van der Waals surface area (Å²) in [6, 6.07) is 7.50. The molecule has 0 unspecified atom stereocenters. The normalized spacial score (nSPS) is 19.2. The van der Waals surface area contributed by atoms with Crippen LogP contribution in [0.3, 0.4) is 0 Å². The summed E-state index contributed by atoms with van der Waals surface area (Å²) >= 11 is 0. The number of amides is 2. The number of aromatic nitrogens is 1. The molecule has 0 spiro atoms. The van der Waals surface area contributed by atoms with Crippen LogP contribution in [0.5, 0.6) is 0 Å². The van der Waals surface area contributed by atoms with Gasteiger partial charge in [-0.2, -0.15) is 5.26 Å². The third-order valence-corrected chi connectivity index (χ3v) is 5.30. The molecule has 0 radical (unpaired) electrons. The van der Waals surface area contributed by atoms with Crippen molar-refractivity contribution in [3.05, 3.63) is 47.8 Å². The molecule has 1 aliphatic heterocycles. The largest absolute Gasteiger partial charge is 0.442 e. The molecule has 1 saturated heterocycles. The van der Waals surface area contributed by atoms with Gasteiger partial charge in [0, 0.05) is 18.7 Å². The number of anilines is 1. The van der Waals surface area contributed by atoms with E-state index in [2.05, 4.69) is 16.4 Å². The fourth-order valence-electron chi connectivity index (χ4n) is 3.46. The highest BCUT2D eigenvalue weighted by molar-refractivity contribution is 5.90. The summed E-state index contributed by atoms with van der Waals surface area (Å²) in [6.45, 7) is 1.51. The van der Waals surface area contributed by atoms with Crippen LogP contribution >= 0.6 is 0 Å². The Morgan fingerprint density at radius 2 is 2.07 bits per heavy atom. The van der Waals surface area contributed by atoms with Crippen LogP contribution in [0.2, 0.25) is 0 Å². The van der Waals surface area contributed by atoms with Crippen molar-refractivity contribution >= 4 is 17.7 Å². The number of carbonyl (C=O) groups excluding carboxylic acids is 2. The summed E-state index contributed by atoms with van der Waals surface area (Å²) in [4.78, 5) is 28.4. The van der Waals surface area contributed by atoms with Crippen molar-refractivity contribution in [3.63, 3.8) is 0 Å². The van der Waals surface area contributed by atoms with E-state index in [4.69, 9.17) is 4.74 Å². The molecule has 2 fully saturated rings. The average Bonchev–Trinajstić information content (AvgIpc) is 3.42. The molecular weight excluding hydrogens is 394 g/mol. The molecule has 4 rings (SSSR count). The Bertz CT molecular complexity index is 1040. The molecule has 1 aliphatic carbocycles. The number of nitrogens with one attached hydrogen (secondary N) is 1. The molecule has 1 atom stereocenters. The van der Waals surface area contributed by atoms with Gasteiger partial charge in [0.1, 0.15) is 17.7 Å². The van der Waals surface area contributed by atoms with Crippen molar-refractivity contribution in [2.24, 2.45) is 0 Å². The molecule has 1 aromatic carbocycles. The molecule has 7 nitrogen and oxygen atoms in total. The number of hydrogen-bond acceptors (Lipinski definition) is 5. The predicted octanol–water partition coefficient (Wildman–Crippen LogP) is 3.04. The molecule has 2 amide bonds.